The third-order valence-corrected chi connectivity index (χ3v) is 3.67. The van der Waals surface area contributed by atoms with Gasteiger partial charge in [-0.05, 0) is 54.3 Å². The highest BCUT2D eigenvalue weighted by Crippen LogP contribution is 2.15. The second-order valence-electron chi connectivity index (χ2n) is 5.78. The first-order valence-electron chi connectivity index (χ1n) is 7.87. The van der Waals surface area contributed by atoms with Gasteiger partial charge in [-0.2, -0.15) is 5.10 Å². The van der Waals surface area contributed by atoms with Gasteiger partial charge in [-0.1, -0.05) is 37.6 Å². The molecule has 0 aliphatic heterocycles. The molecule has 2 aromatic carbocycles. The van der Waals surface area contributed by atoms with Crippen LogP contribution in [0.4, 0.5) is 0 Å². The highest BCUT2D eigenvalue weighted by atomic mass is 35.5. The van der Waals surface area contributed by atoms with Gasteiger partial charge in [-0.3, -0.25) is 4.79 Å². The van der Waals surface area contributed by atoms with E-state index in [0.29, 0.717) is 23.1 Å². The fourth-order valence-corrected chi connectivity index (χ4v) is 2.16. The Kier molecular flexibility index (Phi) is 6.82. The summed E-state index contributed by atoms with van der Waals surface area (Å²) in [5, 5.41) is 4.35. The van der Waals surface area contributed by atoms with E-state index in [9.17, 15) is 4.79 Å². The average Bonchev–Trinajstić information content (AvgIpc) is 2.56. The number of nitrogens with one attached hydrogen (secondary N) is 1. The fourth-order valence-electron chi connectivity index (χ4n) is 1.93. The molecule has 0 aromatic heterocycles. The van der Waals surface area contributed by atoms with E-state index in [1.54, 1.807) is 30.5 Å². The number of hydrogen-bond donors (Lipinski definition) is 1. The lowest BCUT2D eigenvalue weighted by molar-refractivity contribution is 0.0955. The summed E-state index contributed by atoms with van der Waals surface area (Å²) in [4.78, 5) is 12.0. The zero-order valence-corrected chi connectivity index (χ0v) is 14.6. The molecule has 2 rings (SSSR count). The van der Waals surface area contributed by atoms with Crippen LogP contribution in [0, 0.1) is 5.92 Å². The molecule has 2 aromatic rings. The minimum absolute atomic E-state index is 0.342. The third kappa shape index (κ3) is 5.70. The van der Waals surface area contributed by atoms with Gasteiger partial charge in [0.2, 0.25) is 0 Å². The molecule has 1 amide bonds. The Balaban J connectivity index is 1.86. The van der Waals surface area contributed by atoms with E-state index in [-0.39, 0.29) is 5.91 Å². The Morgan fingerprint density at radius 2 is 1.92 bits per heavy atom. The van der Waals surface area contributed by atoms with Gasteiger partial charge in [0.05, 0.1) is 23.4 Å². The minimum Gasteiger partial charge on any atom is -0.494 e. The molecule has 0 saturated heterocycles. The first-order valence-corrected chi connectivity index (χ1v) is 8.25. The second kappa shape index (κ2) is 9.08. The van der Waals surface area contributed by atoms with Crippen molar-refractivity contribution in [1.82, 2.24) is 5.43 Å². The summed E-state index contributed by atoms with van der Waals surface area (Å²) in [7, 11) is 0. The molecule has 0 aliphatic rings. The number of amides is 1. The van der Waals surface area contributed by atoms with Crippen molar-refractivity contribution in [3.05, 3.63) is 64.7 Å². The largest absolute Gasteiger partial charge is 0.494 e. The normalized spacial score (nSPS) is 11.0. The van der Waals surface area contributed by atoms with E-state index in [1.165, 1.54) is 0 Å². The monoisotopic (exact) mass is 344 g/mol. The quantitative estimate of drug-likeness (QED) is 0.592. The number of carbonyl (C=O) groups is 1. The van der Waals surface area contributed by atoms with Crippen LogP contribution in [0.25, 0.3) is 0 Å². The average molecular weight is 345 g/mol. The second-order valence-corrected chi connectivity index (χ2v) is 6.19. The summed E-state index contributed by atoms with van der Waals surface area (Å²) >= 11 is 5.97. The fraction of sp³-hybridized carbons (Fsp3) is 0.263. The lowest BCUT2D eigenvalue weighted by Crippen LogP contribution is -2.17. The van der Waals surface area contributed by atoms with Crippen molar-refractivity contribution < 1.29 is 9.53 Å². The topological polar surface area (TPSA) is 50.7 Å². The molecular formula is C19H21ClN2O2. The van der Waals surface area contributed by atoms with Gasteiger partial charge in [-0.25, -0.2) is 5.43 Å². The van der Waals surface area contributed by atoms with Crippen LogP contribution >= 0.6 is 11.6 Å². The lowest BCUT2D eigenvalue weighted by atomic mass is 10.1. The molecule has 0 unspecified atom stereocenters. The van der Waals surface area contributed by atoms with Crippen LogP contribution in [0.1, 0.15) is 36.2 Å². The van der Waals surface area contributed by atoms with Crippen LogP contribution in [0.3, 0.4) is 0 Å². The van der Waals surface area contributed by atoms with Gasteiger partial charge in [0.15, 0.2) is 0 Å². The molecule has 4 nitrogen and oxygen atoms in total. The molecule has 1 N–H and O–H groups in total. The number of ether oxygens (including phenoxy) is 1. The molecule has 0 aliphatic carbocycles. The number of carbonyl (C=O) groups excluding carboxylic acids is 1. The number of hydrogen-bond acceptors (Lipinski definition) is 3. The summed E-state index contributed by atoms with van der Waals surface area (Å²) in [6.07, 6.45) is 2.60. The van der Waals surface area contributed by atoms with Crippen LogP contribution < -0.4 is 10.2 Å². The predicted molar refractivity (Wildman–Crippen MR) is 97.9 cm³/mol. The van der Waals surface area contributed by atoms with Crippen LogP contribution in [0.15, 0.2) is 53.6 Å². The highest BCUT2D eigenvalue weighted by molar-refractivity contribution is 6.33. The van der Waals surface area contributed by atoms with Gasteiger partial charge < -0.3 is 4.74 Å². The molecular weight excluding hydrogens is 324 g/mol. The Morgan fingerprint density at radius 3 is 2.58 bits per heavy atom. The number of halogens is 1. The number of benzene rings is 2. The van der Waals surface area contributed by atoms with Crippen molar-refractivity contribution in [2.75, 3.05) is 6.61 Å². The van der Waals surface area contributed by atoms with Crippen LogP contribution in [-0.4, -0.2) is 18.7 Å². The lowest BCUT2D eigenvalue weighted by Gasteiger charge is -2.08. The Morgan fingerprint density at radius 1 is 1.21 bits per heavy atom. The van der Waals surface area contributed by atoms with Crippen LogP contribution in [0.5, 0.6) is 5.75 Å². The Hall–Kier alpha value is -2.33. The maximum atomic E-state index is 12.0. The summed E-state index contributed by atoms with van der Waals surface area (Å²) in [5.74, 6) is 1.11. The minimum atomic E-state index is -0.342. The highest BCUT2D eigenvalue weighted by Gasteiger charge is 2.07. The van der Waals surface area contributed by atoms with Crippen LogP contribution in [-0.2, 0) is 0 Å². The summed E-state index contributed by atoms with van der Waals surface area (Å²) in [6.45, 7) is 5.04. The van der Waals surface area contributed by atoms with E-state index in [4.69, 9.17) is 16.3 Å². The van der Waals surface area contributed by atoms with E-state index in [1.807, 2.05) is 24.3 Å². The first-order chi connectivity index (χ1) is 11.6. The van der Waals surface area contributed by atoms with Crippen molar-refractivity contribution in [2.24, 2.45) is 11.0 Å². The van der Waals surface area contributed by atoms with Crippen molar-refractivity contribution in [2.45, 2.75) is 20.3 Å². The molecule has 126 valence electrons. The Labute approximate surface area is 147 Å². The van der Waals surface area contributed by atoms with E-state index < -0.39 is 0 Å². The van der Waals surface area contributed by atoms with Crippen molar-refractivity contribution in [1.29, 1.82) is 0 Å². The standard InChI is InChI=1S/C19H21ClN2O2/c1-14(2)11-12-24-16-9-7-15(8-10-16)13-21-22-19(23)17-5-3-4-6-18(17)20/h3-10,13-14H,11-12H2,1-2H3,(H,22,23). The zero-order chi connectivity index (χ0) is 17.4. The molecule has 5 heteroatoms. The summed E-state index contributed by atoms with van der Waals surface area (Å²) in [5.41, 5.74) is 3.72. The van der Waals surface area contributed by atoms with Crippen LogP contribution in [0.2, 0.25) is 5.02 Å². The van der Waals surface area contributed by atoms with Crippen molar-refractivity contribution in [3.8, 4) is 5.75 Å². The summed E-state index contributed by atoms with van der Waals surface area (Å²) < 4.78 is 5.66. The molecule has 0 atom stereocenters. The number of hydrazone groups is 1. The maximum Gasteiger partial charge on any atom is 0.272 e. The molecule has 0 radical (unpaired) electrons. The van der Waals surface area contributed by atoms with Crippen molar-refractivity contribution >= 4 is 23.7 Å². The van der Waals surface area contributed by atoms with Gasteiger partial charge in [0.25, 0.3) is 5.91 Å². The summed E-state index contributed by atoms with van der Waals surface area (Å²) in [6, 6.07) is 14.4. The maximum absolute atomic E-state index is 12.0. The van der Waals surface area contributed by atoms with Gasteiger partial charge >= 0.3 is 0 Å². The predicted octanol–water partition coefficient (Wildman–Crippen LogP) is 4.53. The number of nitrogens with zero attached hydrogens (tertiary/aromatic N) is 1. The van der Waals surface area contributed by atoms with E-state index in [2.05, 4.69) is 24.4 Å². The molecule has 24 heavy (non-hydrogen) atoms. The van der Waals surface area contributed by atoms with E-state index >= 15 is 0 Å². The zero-order valence-electron chi connectivity index (χ0n) is 13.8. The molecule has 0 spiro atoms. The molecule has 0 saturated carbocycles. The Bertz CT molecular complexity index is 697. The smallest absolute Gasteiger partial charge is 0.272 e. The first kappa shape index (κ1) is 18.0. The van der Waals surface area contributed by atoms with Gasteiger partial charge in [0, 0.05) is 0 Å². The van der Waals surface area contributed by atoms with Gasteiger partial charge in [0.1, 0.15) is 5.75 Å². The molecule has 0 heterocycles. The molecule has 0 fully saturated rings. The number of rotatable bonds is 7. The SMILES string of the molecule is CC(C)CCOc1ccc(C=NNC(=O)c2ccccc2Cl)cc1. The van der Waals surface area contributed by atoms with E-state index in [0.717, 1.165) is 17.7 Å². The third-order valence-electron chi connectivity index (χ3n) is 3.34. The van der Waals surface area contributed by atoms with Gasteiger partial charge in [-0.15, -0.1) is 0 Å². The van der Waals surface area contributed by atoms with Crippen molar-refractivity contribution in [3.63, 3.8) is 0 Å². The molecule has 0 bridgehead atoms.